The lowest BCUT2D eigenvalue weighted by atomic mass is 10.1. The van der Waals surface area contributed by atoms with Gasteiger partial charge in [0.05, 0.1) is 11.6 Å². The topological polar surface area (TPSA) is 66.9 Å². The Morgan fingerprint density at radius 1 is 1.33 bits per heavy atom. The van der Waals surface area contributed by atoms with Gasteiger partial charge in [0.15, 0.2) is 5.13 Å². The van der Waals surface area contributed by atoms with Gasteiger partial charge in [0.25, 0.3) is 0 Å². The molecule has 21 heavy (non-hydrogen) atoms. The van der Waals surface area contributed by atoms with Gasteiger partial charge >= 0.3 is 0 Å². The first-order chi connectivity index (χ1) is 9.33. The number of amides is 1. The number of hydrogen-bond donors (Lipinski definition) is 2. The number of hydrogen-bond acceptors (Lipinski definition) is 5. The molecule has 5 nitrogen and oxygen atoms in total. The Hall–Kier alpha value is -1.21. The Labute approximate surface area is 139 Å². The lowest BCUT2D eigenvalue weighted by Gasteiger charge is -2.06. The van der Waals surface area contributed by atoms with E-state index >= 15 is 0 Å². The van der Waals surface area contributed by atoms with Crippen molar-refractivity contribution in [2.24, 2.45) is 5.92 Å². The summed E-state index contributed by atoms with van der Waals surface area (Å²) in [4.78, 5) is 20.6. The van der Waals surface area contributed by atoms with Gasteiger partial charge in [-0.15, -0.1) is 36.2 Å². The maximum absolute atomic E-state index is 12.0. The van der Waals surface area contributed by atoms with Crippen LogP contribution >= 0.6 is 36.2 Å². The minimum absolute atomic E-state index is 0. The van der Waals surface area contributed by atoms with Crippen molar-refractivity contribution >= 4 is 47.2 Å². The monoisotopic (exact) mass is 346 g/mol. The smallest absolute Gasteiger partial charge is 0.230 e. The summed E-state index contributed by atoms with van der Waals surface area (Å²) in [6, 6.07) is 5.69. The Bertz CT molecular complexity index is 573. The van der Waals surface area contributed by atoms with Crippen molar-refractivity contribution in [3.05, 3.63) is 29.8 Å². The van der Waals surface area contributed by atoms with Crippen LogP contribution in [0.15, 0.2) is 29.8 Å². The number of nitrogens with one attached hydrogen (secondary N) is 2. The van der Waals surface area contributed by atoms with Gasteiger partial charge in [0.2, 0.25) is 5.91 Å². The van der Waals surface area contributed by atoms with Gasteiger partial charge in [-0.05, 0) is 25.1 Å². The van der Waals surface area contributed by atoms with E-state index in [1.54, 1.807) is 6.20 Å². The highest BCUT2D eigenvalue weighted by atomic mass is 35.5. The predicted octanol–water partition coefficient (Wildman–Crippen LogP) is 2.60. The highest BCUT2D eigenvalue weighted by Gasteiger charge is 2.23. The molecule has 0 aliphatic carbocycles. The molecule has 1 unspecified atom stereocenters. The summed E-state index contributed by atoms with van der Waals surface area (Å²) in [5.41, 5.74) is 1.62. The van der Waals surface area contributed by atoms with Crippen LogP contribution in [0.3, 0.4) is 0 Å². The Morgan fingerprint density at radius 3 is 2.86 bits per heavy atom. The molecule has 1 fully saturated rings. The average Bonchev–Trinajstić information content (AvgIpc) is 3.11. The first kappa shape index (κ1) is 17.8. The predicted molar refractivity (Wildman–Crippen MR) is 89.4 cm³/mol. The van der Waals surface area contributed by atoms with Crippen LogP contribution in [0, 0.1) is 5.92 Å². The molecule has 1 saturated heterocycles. The number of nitrogens with zero attached hydrogens (tertiary/aromatic N) is 2. The Balaban J connectivity index is 0.00000110. The standard InChI is InChI=1S/C13H14N4OS.2ClH/c18-12(9-4-6-14-7-9)17-13-16-11(8-19-13)10-3-1-2-5-15-10;;/h1-3,5,8-9,14H,4,6-7H2,(H,16,17,18);2*1H. The van der Waals surface area contributed by atoms with E-state index in [0.29, 0.717) is 5.13 Å². The molecule has 3 rings (SSSR count). The second kappa shape index (κ2) is 8.29. The fourth-order valence-electron chi connectivity index (χ4n) is 2.05. The van der Waals surface area contributed by atoms with E-state index in [1.807, 2.05) is 23.6 Å². The lowest BCUT2D eigenvalue weighted by Crippen LogP contribution is -2.24. The molecule has 114 valence electrons. The van der Waals surface area contributed by atoms with Crippen molar-refractivity contribution in [1.82, 2.24) is 15.3 Å². The summed E-state index contributed by atoms with van der Waals surface area (Å²) >= 11 is 1.43. The third-order valence-corrected chi connectivity index (χ3v) is 3.85. The van der Waals surface area contributed by atoms with Gasteiger partial charge in [-0.1, -0.05) is 6.07 Å². The number of thiazole rings is 1. The SMILES string of the molecule is Cl.Cl.O=C(Nc1nc(-c2ccccn2)cs1)C1CCNC1. The zero-order chi connectivity index (χ0) is 13.1. The van der Waals surface area contributed by atoms with Crippen LogP contribution in [0.1, 0.15) is 6.42 Å². The molecule has 8 heteroatoms. The molecule has 3 heterocycles. The highest BCUT2D eigenvalue weighted by molar-refractivity contribution is 7.14. The van der Waals surface area contributed by atoms with Crippen LogP contribution in [-0.2, 0) is 4.79 Å². The molecule has 1 atom stereocenters. The van der Waals surface area contributed by atoms with Gasteiger partial charge in [-0.2, -0.15) is 0 Å². The van der Waals surface area contributed by atoms with Crippen molar-refractivity contribution in [3.63, 3.8) is 0 Å². The van der Waals surface area contributed by atoms with Crippen LogP contribution in [0.4, 0.5) is 5.13 Å². The molecule has 2 N–H and O–H groups in total. The summed E-state index contributed by atoms with van der Waals surface area (Å²) in [5.74, 6) is 0.106. The third kappa shape index (κ3) is 4.38. The summed E-state index contributed by atoms with van der Waals surface area (Å²) in [7, 11) is 0. The van der Waals surface area contributed by atoms with Gasteiger partial charge in [-0.3, -0.25) is 9.78 Å². The molecule has 1 aliphatic rings. The summed E-state index contributed by atoms with van der Waals surface area (Å²) in [6.07, 6.45) is 2.63. The number of carbonyl (C=O) groups excluding carboxylic acids is 1. The average molecular weight is 347 g/mol. The second-order valence-corrected chi connectivity index (χ2v) is 5.29. The maximum Gasteiger partial charge on any atom is 0.230 e. The van der Waals surface area contributed by atoms with Gasteiger partial charge in [0, 0.05) is 18.1 Å². The van der Waals surface area contributed by atoms with Crippen LogP contribution in [-0.4, -0.2) is 29.0 Å². The van der Waals surface area contributed by atoms with E-state index in [0.717, 1.165) is 30.9 Å². The fourth-order valence-corrected chi connectivity index (χ4v) is 2.76. The molecule has 1 aliphatic heterocycles. The number of anilines is 1. The van der Waals surface area contributed by atoms with E-state index in [4.69, 9.17) is 0 Å². The number of rotatable bonds is 3. The largest absolute Gasteiger partial charge is 0.316 e. The molecule has 0 aromatic carbocycles. The summed E-state index contributed by atoms with van der Waals surface area (Å²) < 4.78 is 0. The van der Waals surface area contributed by atoms with Crippen LogP contribution in [0.5, 0.6) is 0 Å². The fraction of sp³-hybridized carbons (Fsp3) is 0.308. The second-order valence-electron chi connectivity index (χ2n) is 4.43. The van der Waals surface area contributed by atoms with Crippen molar-refractivity contribution in [3.8, 4) is 11.4 Å². The minimum Gasteiger partial charge on any atom is -0.316 e. The van der Waals surface area contributed by atoms with Crippen molar-refractivity contribution < 1.29 is 4.79 Å². The van der Waals surface area contributed by atoms with E-state index in [2.05, 4.69) is 20.6 Å². The zero-order valence-corrected chi connectivity index (χ0v) is 13.6. The first-order valence-electron chi connectivity index (χ1n) is 6.21. The Kier molecular flexibility index (Phi) is 7.04. The Morgan fingerprint density at radius 2 is 2.19 bits per heavy atom. The molecule has 0 radical (unpaired) electrons. The van der Waals surface area contributed by atoms with E-state index in [-0.39, 0.29) is 36.6 Å². The lowest BCUT2D eigenvalue weighted by molar-refractivity contribution is -0.119. The summed E-state index contributed by atoms with van der Waals surface area (Å²) in [6.45, 7) is 1.67. The van der Waals surface area contributed by atoms with Crippen LogP contribution in [0.25, 0.3) is 11.4 Å². The van der Waals surface area contributed by atoms with E-state index in [1.165, 1.54) is 11.3 Å². The number of halogens is 2. The highest BCUT2D eigenvalue weighted by Crippen LogP contribution is 2.23. The minimum atomic E-state index is 0. The summed E-state index contributed by atoms with van der Waals surface area (Å²) in [5, 5.41) is 8.60. The van der Waals surface area contributed by atoms with Gasteiger partial charge in [0.1, 0.15) is 5.69 Å². The normalized spacial score (nSPS) is 16.7. The van der Waals surface area contributed by atoms with E-state index in [9.17, 15) is 4.79 Å². The molecule has 0 spiro atoms. The molecular weight excluding hydrogens is 331 g/mol. The molecule has 1 amide bonds. The maximum atomic E-state index is 12.0. The molecule has 2 aromatic heterocycles. The molecule has 2 aromatic rings. The molecule has 0 saturated carbocycles. The zero-order valence-electron chi connectivity index (χ0n) is 11.1. The van der Waals surface area contributed by atoms with Crippen LogP contribution in [0.2, 0.25) is 0 Å². The first-order valence-corrected chi connectivity index (χ1v) is 7.09. The van der Waals surface area contributed by atoms with Gasteiger partial charge < -0.3 is 10.6 Å². The van der Waals surface area contributed by atoms with Crippen molar-refractivity contribution in [2.75, 3.05) is 18.4 Å². The number of pyridine rings is 1. The number of aromatic nitrogens is 2. The van der Waals surface area contributed by atoms with Gasteiger partial charge in [-0.25, -0.2) is 4.98 Å². The van der Waals surface area contributed by atoms with Crippen molar-refractivity contribution in [2.45, 2.75) is 6.42 Å². The third-order valence-electron chi connectivity index (χ3n) is 3.09. The van der Waals surface area contributed by atoms with E-state index < -0.39 is 0 Å². The quantitative estimate of drug-likeness (QED) is 0.896. The van der Waals surface area contributed by atoms with Crippen molar-refractivity contribution in [1.29, 1.82) is 0 Å². The molecule has 0 bridgehead atoms. The number of carbonyl (C=O) groups is 1. The molecular formula is C13H16Cl2N4OS. The van der Waals surface area contributed by atoms with Crippen LogP contribution < -0.4 is 10.6 Å².